The molecule has 0 unspecified atom stereocenters. The van der Waals surface area contributed by atoms with E-state index in [0.717, 1.165) is 50.6 Å². The van der Waals surface area contributed by atoms with Crippen LogP contribution in [-0.4, -0.2) is 80.9 Å². The summed E-state index contributed by atoms with van der Waals surface area (Å²) in [6, 6.07) is 16.2. The van der Waals surface area contributed by atoms with Crippen molar-refractivity contribution < 1.29 is 19.0 Å². The number of methoxy groups -OCH3 is 3. The maximum Gasteiger partial charge on any atom is 0.244 e. The molecule has 0 aromatic heterocycles. The van der Waals surface area contributed by atoms with Gasteiger partial charge in [-0.1, -0.05) is 30.3 Å². The molecule has 0 saturated carbocycles. The summed E-state index contributed by atoms with van der Waals surface area (Å²) >= 11 is 0. The summed E-state index contributed by atoms with van der Waals surface area (Å²) in [4.78, 5) is 20.0. The summed E-state index contributed by atoms with van der Waals surface area (Å²) < 4.78 is 15.3. The van der Waals surface area contributed by atoms with E-state index in [1.807, 2.05) is 36.1 Å². The maximum atomic E-state index is 13.4. The molecule has 2 aliphatic rings. The second-order valence-corrected chi connectivity index (χ2v) is 8.93. The van der Waals surface area contributed by atoms with Gasteiger partial charge in [0.25, 0.3) is 0 Å². The van der Waals surface area contributed by atoms with Crippen LogP contribution in [0.2, 0.25) is 0 Å². The summed E-state index contributed by atoms with van der Waals surface area (Å²) in [5.74, 6) is 1.89. The number of nitrogens with zero attached hydrogens (tertiary/aromatic N) is 3. The zero-order valence-corrected chi connectivity index (χ0v) is 21.3. The molecule has 1 spiro atoms. The molecule has 2 aromatic carbocycles. The summed E-state index contributed by atoms with van der Waals surface area (Å²) in [5.41, 5.74) is 1.98. The number of hydrogen-bond acceptors (Lipinski definition) is 6. The molecule has 2 saturated heterocycles. The molecule has 2 heterocycles. The first-order valence-corrected chi connectivity index (χ1v) is 11.9. The summed E-state index contributed by atoms with van der Waals surface area (Å²) in [6.45, 7) is 6.78. The van der Waals surface area contributed by atoms with Crippen LogP contribution in [0.15, 0.2) is 48.5 Å². The fourth-order valence-corrected chi connectivity index (χ4v) is 4.73. The molecule has 1 amide bonds. The van der Waals surface area contributed by atoms with E-state index in [4.69, 9.17) is 9.47 Å². The van der Waals surface area contributed by atoms with Crippen molar-refractivity contribution in [2.24, 2.45) is 0 Å². The predicted octanol–water partition coefficient (Wildman–Crippen LogP) is 3.62. The van der Waals surface area contributed by atoms with Crippen LogP contribution in [0, 0.1) is 0 Å². The number of carbonyl (C=O) groups excluding carboxylic acids is 1. The van der Waals surface area contributed by atoms with E-state index in [0.29, 0.717) is 13.2 Å². The molecule has 0 atom stereocenters. The van der Waals surface area contributed by atoms with Crippen LogP contribution < -0.4 is 9.47 Å². The van der Waals surface area contributed by atoms with Gasteiger partial charge in [0.05, 0.1) is 20.9 Å². The van der Waals surface area contributed by atoms with E-state index in [9.17, 15) is 4.79 Å². The molecule has 0 N–H and O–H groups in total. The molecule has 2 aromatic rings. The first-order chi connectivity index (χ1) is 16.4. The number of piperidine rings is 1. The van der Waals surface area contributed by atoms with Crippen molar-refractivity contribution in [3.63, 3.8) is 0 Å². The highest BCUT2D eigenvalue weighted by molar-refractivity contribution is 5.88. The molecule has 2 fully saturated rings. The average Bonchev–Trinajstić information content (AvgIpc) is 3.09. The molecule has 186 valence electrons. The third-order valence-electron chi connectivity index (χ3n) is 6.80. The third-order valence-corrected chi connectivity index (χ3v) is 6.80. The van der Waals surface area contributed by atoms with E-state index in [1.165, 1.54) is 11.1 Å². The second-order valence-electron chi connectivity index (χ2n) is 8.93. The molecule has 0 radical (unpaired) electrons. The Bertz CT molecular complexity index is 889. The molecule has 7 nitrogen and oxygen atoms in total. The van der Waals surface area contributed by atoms with Gasteiger partial charge in [-0.15, -0.1) is 0 Å². The predicted molar refractivity (Wildman–Crippen MR) is 134 cm³/mol. The lowest BCUT2D eigenvalue weighted by Crippen LogP contribution is -2.54. The van der Waals surface area contributed by atoms with Gasteiger partial charge in [0.1, 0.15) is 17.0 Å². The average molecular weight is 470 g/mol. The fraction of sp³-hybridized carbons (Fsp3) is 0.519. The van der Waals surface area contributed by atoms with Gasteiger partial charge in [-0.2, -0.15) is 0 Å². The Morgan fingerprint density at radius 3 is 2.00 bits per heavy atom. The van der Waals surface area contributed by atoms with Crippen molar-refractivity contribution >= 4 is 5.91 Å². The first-order valence-electron chi connectivity index (χ1n) is 11.9. The lowest BCUT2D eigenvalue weighted by atomic mass is 9.86. The minimum atomic E-state index is -0.364. The molecule has 34 heavy (non-hydrogen) atoms. The molecule has 0 bridgehead atoms. The number of rotatable bonds is 7. The Balaban J connectivity index is 0.000000751. The third kappa shape index (κ3) is 6.09. The normalized spacial score (nSPS) is 18.0. The van der Waals surface area contributed by atoms with E-state index in [1.54, 1.807) is 21.3 Å². The van der Waals surface area contributed by atoms with Crippen LogP contribution in [0.5, 0.6) is 11.5 Å². The van der Waals surface area contributed by atoms with Crippen LogP contribution in [0.3, 0.4) is 0 Å². The highest BCUT2D eigenvalue weighted by atomic mass is 16.5. The Hall–Kier alpha value is -2.61. The number of carbonyl (C=O) groups is 1. The van der Waals surface area contributed by atoms with Crippen molar-refractivity contribution in [1.82, 2.24) is 14.7 Å². The summed E-state index contributed by atoms with van der Waals surface area (Å²) in [5, 5.41) is 0. The van der Waals surface area contributed by atoms with Crippen LogP contribution in [0.1, 0.15) is 30.9 Å². The van der Waals surface area contributed by atoms with Crippen LogP contribution in [-0.2, 0) is 22.6 Å². The zero-order valence-electron chi connectivity index (χ0n) is 21.3. The first kappa shape index (κ1) is 26.0. The van der Waals surface area contributed by atoms with Gasteiger partial charge < -0.3 is 19.1 Å². The van der Waals surface area contributed by atoms with Gasteiger partial charge in [-0.3, -0.25) is 14.6 Å². The number of likely N-dealkylation sites (N-methyl/N-ethyl adjacent to an activating group) is 1. The SMILES string of the molecule is CCOC.COc1cc(CN2CCC3(CC2)C(=O)N(Cc2ccccc2)CN3C)cc(OC)c1. The van der Waals surface area contributed by atoms with Gasteiger partial charge in [0.15, 0.2) is 0 Å². The Kier molecular flexibility index (Phi) is 9.33. The Morgan fingerprint density at radius 2 is 1.47 bits per heavy atom. The number of amides is 1. The minimum Gasteiger partial charge on any atom is -0.497 e. The number of ether oxygens (including phenoxy) is 3. The van der Waals surface area contributed by atoms with Crippen molar-refractivity contribution in [3.05, 3.63) is 59.7 Å². The Morgan fingerprint density at radius 1 is 0.882 bits per heavy atom. The number of likely N-dealkylation sites (tertiary alicyclic amines) is 1. The lowest BCUT2D eigenvalue weighted by Gasteiger charge is -2.41. The van der Waals surface area contributed by atoms with Crippen LogP contribution in [0.25, 0.3) is 0 Å². The smallest absolute Gasteiger partial charge is 0.244 e. The fourth-order valence-electron chi connectivity index (χ4n) is 4.73. The minimum absolute atomic E-state index is 0.275. The summed E-state index contributed by atoms with van der Waals surface area (Å²) in [6.07, 6.45) is 1.71. The van der Waals surface area contributed by atoms with E-state index >= 15 is 0 Å². The molecule has 4 rings (SSSR count). The van der Waals surface area contributed by atoms with Gasteiger partial charge in [0, 0.05) is 46.0 Å². The molecule has 7 heteroatoms. The lowest BCUT2D eigenvalue weighted by molar-refractivity contribution is -0.136. The van der Waals surface area contributed by atoms with Gasteiger partial charge in [-0.05, 0) is 50.1 Å². The van der Waals surface area contributed by atoms with Gasteiger partial charge in [0.2, 0.25) is 5.91 Å². The number of hydrogen-bond donors (Lipinski definition) is 0. The summed E-state index contributed by atoms with van der Waals surface area (Å²) in [7, 11) is 7.11. The number of benzene rings is 2. The van der Waals surface area contributed by atoms with Gasteiger partial charge >= 0.3 is 0 Å². The quantitative estimate of drug-likeness (QED) is 0.617. The van der Waals surface area contributed by atoms with E-state index in [-0.39, 0.29) is 11.4 Å². The zero-order chi connectivity index (χ0) is 24.6. The molecule has 0 aliphatic carbocycles. The monoisotopic (exact) mass is 469 g/mol. The van der Waals surface area contributed by atoms with Crippen molar-refractivity contribution in [2.75, 3.05) is 54.7 Å². The maximum absolute atomic E-state index is 13.4. The van der Waals surface area contributed by atoms with E-state index in [2.05, 4.69) is 45.8 Å². The Labute approximate surface area is 204 Å². The molecular formula is C27H39N3O4. The molecular weight excluding hydrogens is 430 g/mol. The van der Waals surface area contributed by atoms with Crippen molar-refractivity contribution in [3.8, 4) is 11.5 Å². The van der Waals surface area contributed by atoms with Crippen LogP contribution >= 0.6 is 0 Å². The van der Waals surface area contributed by atoms with Crippen LogP contribution in [0.4, 0.5) is 0 Å². The van der Waals surface area contributed by atoms with Crippen molar-refractivity contribution in [2.45, 2.75) is 38.4 Å². The topological polar surface area (TPSA) is 54.5 Å². The second kappa shape index (κ2) is 12.2. The highest BCUT2D eigenvalue weighted by Gasteiger charge is 2.51. The highest BCUT2D eigenvalue weighted by Crippen LogP contribution is 2.36. The molecule has 2 aliphatic heterocycles. The standard InChI is InChI=1S/C24H31N3O3.C3H8O/c1-25-18-27(17-19-7-5-4-6-8-19)23(28)24(25)9-11-26(12-10-24)16-20-13-21(29-2)15-22(14-20)30-3;1-3-4-2/h4-8,13-15H,9-12,16-18H2,1-3H3;3H2,1-2H3. The largest absolute Gasteiger partial charge is 0.497 e. The van der Waals surface area contributed by atoms with Crippen molar-refractivity contribution in [1.29, 1.82) is 0 Å². The van der Waals surface area contributed by atoms with E-state index < -0.39 is 0 Å². The van der Waals surface area contributed by atoms with Gasteiger partial charge in [-0.25, -0.2) is 0 Å².